The van der Waals surface area contributed by atoms with Crippen LogP contribution in [0.3, 0.4) is 0 Å². The van der Waals surface area contributed by atoms with E-state index in [0.29, 0.717) is 12.2 Å². The van der Waals surface area contributed by atoms with Gasteiger partial charge >= 0.3 is 5.97 Å². The minimum atomic E-state index is -0.391. The molecule has 1 heterocycles. The van der Waals surface area contributed by atoms with Crippen LogP contribution in [0.5, 0.6) is 5.75 Å². The van der Waals surface area contributed by atoms with E-state index in [1.807, 2.05) is 55.5 Å². The van der Waals surface area contributed by atoms with Crippen molar-refractivity contribution < 1.29 is 14.3 Å². The number of nitrogen functional groups attached to an aromatic ring is 1. The molecule has 2 N–H and O–H groups in total. The van der Waals surface area contributed by atoms with Crippen molar-refractivity contribution in [3.63, 3.8) is 0 Å². The SMILES string of the molecule is CCOC(=O)c1cn(N)c(-c2cccc(OC)c2C)c1-c1ccccc1. The van der Waals surface area contributed by atoms with Crippen molar-refractivity contribution in [1.82, 2.24) is 4.68 Å². The van der Waals surface area contributed by atoms with Crippen LogP contribution in [0.25, 0.3) is 22.4 Å². The highest BCUT2D eigenvalue weighted by Crippen LogP contribution is 2.39. The molecule has 0 atom stereocenters. The number of nitrogens with zero attached hydrogens (tertiary/aromatic N) is 1. The highest BCUT2D eigenvalue weighted by Gasteiger charge is 2.24. The molecule has 0 unspecified atom stereocenters. The number of aromatic nitrogens is 1. The third-order valence-corrected chi connectivity index (χ3v) is 4.35. The molecule has 0 amide bonds. The van der Waals surface area contributed by atoms with E-state index < -0.39 is 5.97 Å². The molecule has 5 heteroatoms. The zero-order chi connectivity index (χ0) is 18.7. The second-order valence-corrected chi connectivity index (χ2v) is 5.89. The molecule has 0 spiro atoms. The molecule has 134 valence electrons. The lowest BCUT2D eigenvalue weighted by Gasteiger charge is -2.14. The van der Waals surface area contributed by atoms with Gasteiger partial charge in [-0.1, -0.05) is 42.5 Å². The molecule has 1 aromatic heterocycles. The van der Waals surface area contributed by atoms with Gasteiger partial charge in [-0.25, -0.2) is 4.79 Å². The first-order valence-corrected chi connectivity index (χ1v) is 8.45. The quantitative estimate of drug-likeness (QED) is 0.557. The molecule has 0 saturated heterocycles. The lowest BCUT2D eigenvalue weighted by Crippen LogP contribution is -2.09. The van der Waals surface area contributed by atoms with Crippen molar-refractivity contribution in [3.8, 4) is 28.1 Å². The Bertz CT molecular complexity index is 930. The number of carbonyl (C=O) groups excluding carboxylic acids is 1. The first kappa shape index (κ1) is 17.6. The zero-order valence-electron chi connectivity index (χ0n) is 15.2. The Kier molecular flexibility index (Phi) is 4.98. The smallest absolute Gasteiger partial charge is 0.340 e. The molecule has 0 aliphatic carbocycles. The molecule has 3 aromatic rings. The topological polar surface area (TPSA) is 66.5 Å². The Balaban J connectivity index is 2.31. The van der Waals surface area contributed by atoms with E-state index in [-0.39, 0.29) is 0 Å². The summed E-state index contributed by atoms with van der Waals surface area (Å²) in [5.74, 6) is 6.65. The summed E-state index contributed by atoms with van der Waals surface area (Å²) in [5, 5.41) is 0. The number of hydrogen-bond acceptors (Lipinski definition) is 4. The fourth-order valence-corrected chi connectivity index (χ4v) is 3.15. The van der Waals surface area contributed by atoms with Gasteiger partial charge in [0.15, 0.2) is 0 Å². The van der Waals surface area contributed by atoms with Crippen LogP contribution in [0, 0.1) is 6.92 Å². The predicted octanol–water partition coefficient (Wildman–Crippen LogP) is 4.03. The number of ether oxygens (including phenoxy) is 2. The van der Waals surface area contributed by atoms with E-state index in [9.17, 15) is 4.79 Å². The van der Waals surface area contributed by atoms with Crippen LogP contribution in [-0.2, 0) is 4.74 Å². The van der Waals surface area contributed by atoms with Gasteiger partial charge in [0.05, 0.1) is 25.0 Å². The van der Waals surface area contributed by atoms with Gasteiger partial charge in [0.1, 0.15) is 5.75 Å². The van der Waals surface area contributed by atoms with E-state index in [4.69, 9.17) is 15.3 Å². The summed E-state index contributed by atoms with van der Waals surface area (Å²) in [6.45, 7) is 4.06. The summed E-state index contributed by atoms with van der Waals surface area (Å²) in [4.78, 5) is 12.5. The van der Waals surface area contributed by atoms with E-state index in [1.54, 1.807) is 20.2 Å². The minimum absolute atomic E-state index is 0.302. The summed E-state index contributed by atoms with van der Waals surface area (Å²) >= 11 is 0. The Morgan fingerprint density at radius 3 is 2.50 bits per heavy atom. The normalized spacial score (nSPS) is 10.6. The number of rotatable bonds is 5. The van der Waals surface area contributed by atoms with Crippen LogP contribution in [0.4, 0.5) is 0 Å². The van der Waals surface area contributed by atoms with Crippen molar-refractivity contribution in [2.75, 3.05) is 19.6 Å². The zero-order valence-corrected chi connectivity index (χ0v) is 15.2. The van der Waals surface area contributed by atoms with Crippen molar-refractivity contribution in [2.24, 2.45) is 0 Å². The lowest BCUT2D eigenvalue weighted by molar-refractivity contribution is 0.0527. The van der Waals surface area contributed by atoms with Gasteiger partial charge in [0.2, 0.25) is 0 Å². The van der Waals surface area contributed by atoms with Gasteiger partial charge in [-0.3, -0.25) is 4.68 Å². The van der Waals surface area contributed by atoms with Gasteiger partial charge in [0, 0.05) is 22.9 Å². The summed E-state index contributed by atoms with van der Waals surface area (Å²) in [6.07, 6.45) is 1.62. The molecular weight excluding hydrogens is 328 g/mol. The summed E-state index contributed by atoms with van der Waals surface area (Å²) < 4.78 is 12.2. The second-order valence-electron chi connectivity index (χ2n) is 5.89. The van der Waals surface area contributed by atoms with Crippen LogP contribution in [-0.4, -0.2) is 24.4 Å². The Hall–Kier alpha value is -3.21. The molecule has 26 heavy (non-hydrogen) atoms. The maximum atomic E-state index is 12.5. The third kappa shape index (κ3) is 3.04. The van der Waals surface area contributed by atoms with Gasteiger partial charge in [-0.05, 0) is 25.5 Å². The van der Waals surface area contributed by atoms with Crippen LogP contribution >= 0.6 is 0 Å². The van der Waals surface area contributed by atoms with Crippen LogP contribution in [0.15, 0.2) is 54.7 Å². The monoisotopic (exact) mass is 350 g/mol. The number of hydrogen-bond donors (Lipinski definition) is 1. The predicted molar refractivity (Wildman–Crippen MR) is 103 cm³/mol. The number of esters is 1. The van der Waals surface area contributed by atoms with Crippen LogP contribution < -0.4 is 10.6 Å². The molecule has 0 bridgehead atoms. The van der Waals surface area contributed by atoms with E-state index in [0.717, 1.165) is 33.7 Å². The number of nitrogens with two attached hydrogens (primary N) is 1. The second kappa shape index (κ2) is 7.35. The largest absolute Gasteiger partial charge is 0.496 e. The van der Waals surface area contributed by atoms with Crippen molar-refractivity contribution >= 4 is 5.97 Å². The Morgan fingerprint density at radius 2 is 1.85 bits per heavy atom. The minimum Gasteiger partial charge on any atom is -0.496 e. The molecule has 0 saturated carbocycles. The standard InChI is InChI=1S/C21H22N2O3/c1-4-26-21(24)17-13-23(22)20(19(17)15-9-6-5-7-10-15)16-11-8-12-18(25-3)14(16)2/h5-13H,4,22H2,1-3H3. The van der Waals surface area contributed by atoms with E-state index >= 15 is 0 Å². The molecule has 0 aliphatic rings. The first-order chi connectivity index (χ1) is 12.6. The molecule has 3 rings (SSSR count). The summed E-state index contributed by atoms with van der Waals surface area (Å²) in [6, 6.07) is 15.5. The molecule has 0 radical (unpaired) electrons. The van der Waals surface area contributed by atoms with E-state index in [1.165, 1.54) is 4.68 Å². The Morgan fingerprint density at radius 1 is 1.12 bits per heavy atom. The molecule has 2 aromatic carbocycles. The fraction of sp³-hybridized carbons (Fsp3) is 0.190. The van der Waals surface area contributed by atoms with Gasteiger partial charge < -0.3 is 15.3 Å². The maximum absolute atomic E-state index is 12.5. The third-order valence-electron chi connectivity index (χ3n) is 4.35. The lowest BCUT2D eigenvalue weighted by atomic mass is 9.95. The average molecular weight is 350 g/mol. The van der Waals surface area contributed by atoms with E-state index in [2.05, 4.69) is 0 Å². The van der Waals surface area contributed by atoms with Gasteiger partial charge in [-0.2, -0.15) is 0 Å². The van der Waals surface area contributed by atoms with Crippen molar-refractivity contribution in [2.45, 2.75) is 13.8 Å². The van der Waals surface area contributed by atoms with Crippen molar-refractivity contribution in [1.29, 1.82) is 0 Å². The number of methoxy groups -OCH3 is 1. The maximum Gasteiger partial charge on any atom is 0.340 e. The first-order valence-electron chi connectivity index (χ1n) is 8.45. The molecule has 0 fully saturated rings. The highest BCUT2D eigenvalue weighted by atomic mass is 16.5. The summed E-state index contributed by atoms with van der Waals surface area (Å²) in [5.41, 5.74) is 4.70. The van der Waals surface area contributed by atoms with Crippen LogP contribution in [0.1, 0.15) is 22.8 Å². The van der Waals surface area contributed by atoms with Gasteiger partial charge in [0.25, 0.3) is 0 Å². The molecule has 5 nitrogen and oxygen atoms in total. The molecule has 0 aliphatic heterocycles. The van der Waals surface area contributed by atoms with Crippen molar-refractivity contribution in [3.05, 3.63) is 65.9 Å². The number of carbonyl (C=O) groups is 1. The van der Waals surface area contributed by atoms with Gasteiger partial charge in [-0.15, -0.1) is 0 Å². The molecular formula is C21H22N2O3. The fourth-order valence-electron chi connectivity index (χ4n) is 3.15. The number of benzene rings is 2. The summed E-state index contributed by atoms with van der Waals surface area (Å²) in [7, 11) is 1.63. The average Bonchev–Trinajstić information content (AvgIpc) is 3.00. The highest BCUT2D eigenvalue weighted by molar-refractivity contribution is 6.02. The van der Waals surface area contributed by atoms with Crippen LogP contribution in [0.2, 0.25) is 0 Å². The Labute approximate surface area is 152 Å².